The number of pyridine rings is 1. The Balaban J connectivity index is 2.00. The van der Waals surface area contributed by atoms with E-state index in [0.29, 0.717) is 0 Å². The first-order valence-electron chi connectivity index (χ1n) is 5.32. The van der Waals surface area contributed by atoms with E-state index in [-0.39, 0.29) is 12.1 Å². The molecule has 2 aromatic rings. The molecule has 3 nitrogen and oxygen atoms in total. The maximum Gasteiger partial charge on any atom is 0.109 e. The molecule has 2 rings (SSSR count). The Morgan fingerprint density at radius 3 is 2.75 bits per heavy atom. The van der Waals surface area contributed by atoms with Gasteiger partial charge in [0.2, 0.25) is 0 Å². The van der Waals surface area contributed by atoms with Gasteiger partial charge in [0.05, 0.1) is 6.04 Å². The van der Waals surface area contributed by atoms with Gasteiger partial charge in [-0.3, -0.25) is 4.98 Å². The second kappa shape index (κ2) is 5.18. The lowest BCUT2D eigenvalue weighted by molar-refractivity contribution is 0.492. The van der Waals surface area contributed by atoms with Gasteiger partial charge in [-0.1, -0.05) is 6.07 Å². The zero-order valence-corrected chi connectivity index (χ0v) is 10.2. The van der Waals surface area contributed by atoms with Crippen molar-refractivity contribution in [3.63, 3.8) is 0 Å². The molecule has 16 heavy (non-hydrogen) atoms. The Bertz CT molecular complexity index is 413. The highest BCUT2D eigenvalue weighted by atomic mass is 32.1. The topological polar surface area (TPSA) is 37.8 Å². The summed E-state index contributed by atoms with van der Waals surface area (Å²) in [4.78, 5) is 8.43. The molecule has 0 saturated carbocycles. The van der Waals surface area contributed by atoms with Crippen LogP contribution in [0.4, 0.5) is 0 Å². The van der Waals surface area contributed by atoms with Crippen LogP contribution in [0.3, 0.4) is 0 Å². The van der Waals surface area contributed by atoms with Gasteiger partial charge in [0, 0.05) is 30.0 Å². The lowest BCUT2D eigenvalue weighted by atomic mass is 10.1. The van der Waals surface area contributed by atoms with Crippen LogP contribution in [0.2, 0.25) is 0 Å². The Morgan fingerprint density at radius 2 is 2.12 bits per heavy atom. The van der Waals surface area contributed by atoms with Crippen LogP contribution in [0.1, 0.15) is 36.5 Å². The van der Waals surface area contributed by atoms with E-state index in [0.717, 1.165) is 5.01 Å². The third-order valence-electron chi connectivity index (χ3n) is 2.51. The molecule has 0 amide bonds. The van der Waals surface area contributed by atoms with Crippen molar-refractivity contribution in [2.45, 2.75) is 25.9 Å². The van der Waals surface area contributed by atoms with Gasteiger partial charge >= 0.3 is 0 Å². The first-order chi connectivity index (χ1) is 7.77. The van der Waals surface area contributed by atoms with E-state index in [2.05, 4.69) is 35.2 Å². The summed E-state index contributed by atoms with van der Waals surface area (Å²) in [5, 5.41) is 6.63. The molecule has 2 aromatic heterocycles. The second-order valence-corrected chi connectivity index (χ2v) is 4.69. The molecule has 4 heteroatoms. The standard InChI is InChI=1S/C12H15N3S/c1-9(11-4-3-5-13-8-11)15-10(2)12-14-6-7-16-12/h3-10,15H,1-2H3/t9-,10?/m0/s1. The molecular weight excluding hydrogens is 218 g/mol. The van der Waals surface area contributed by atoms with Crippen LogP contribution in [-0.4, -0.2) is 9.97 Å². The molecule has 1 unspecified atom stereocenters. The van der Waals surface area contributed by atoms with E-state index in [9.17, 15) is 0 Å². The summed E-state index contributed by atoms with van der Waals surface area (Å²) in [6.45, 7) is 4.27. The third-order valence-corrected chi connectivity index (χ3v) is 3.46. The maximum atomic E-state index is 4.30. The Kier molecular flexibility index (Phi) is 3.64. The van der Waals surface area contributed by atoms with Crippen molar-refractivity contribution in [1.82, 2.24) is 15.3 Å². The lowest BCUT2D eigenvalue weighted by Gasteiger charge is -2.18. The summed E-state index contributed by atoms with van der Waals surface area (Å²) in [5.41, 5.74) is 1.20. The molecule has 0 aliphatic carbocycles. The fourth-order valence-corrected chi connectivity index (χ4v) is 2.28. The number of aromatic nitrogens is 2. The van der Waals surface area contributed by atoms with Crippen LogP contribution >= 0.6 is 11.3 Å². The molecule has 0 aromatic carbocycles. The van der Waals surface area contributed by atoms with Crippen molar-refractivity contribution < 1.29 is 0 Å². The Morgan fingerprint density at radius 1 is 1.25 bits per heavy atom. The van der Waals surface area contributed by atoms with E-state index in [4.69, 9.17) is 0 Å². The zero-order valence-electron chi connectivity index (χ0n) is 9.42. The number of rotatable bonds is 4. The van der Waals surface area contributed by atoms with Crippen molar-refractivity contribution in [3.05, 3.63) is 46.7 Å². The van der Waals surface area contributed by atoms with Crippen LogP contribution in [0, 0.1) is 0 Å². The van der Waals surface area contributed by atoms with E-state index >= 15 is 0 Å². The zero-order chi connectivity index (χ0) is 11.4. The number of hydrogen-bond acceptors (Lipinski definition) is 4. The van der Waals surface area contributed by atoms with Crippen molar-refractivity contribution >= 4 is 11.3 Å². The molecule has 0 fully saturated rings. The largest absolute Gasteiger partial charge is 0.301 e. The van der Waals surface area contributed by atoms with Gasteiger partial charge in [-0.25, -0.2) is 4.98 Å². The second-order valence-electron chi connectivity index (χ2n) is 3.77. The molecule has 2 atom stereocenters. The number of nitrogens with zero attached hydrogens (tertiary/aromatic N) is 2. The molecular formula is C12H15N3S. The molecule has 2 heterocycles. The van der Waals surface area contributed by atoms with E-state index in [1.165, 1.54) is 5.56 Å². The van der Waals surface area contributed by atoms with Crippen molar-refractivity contribution in [3.8, 4) is 0 Å². The molecule has 0 aliphatic rings. The first kappa shape index (κ1) is 11.2. The van der Waals surface area contributed by atoms with Gasteiger partial charge in [0.25, 0.3) is 0 Å². The molecule has 0 radical (unpaired) electrons. The molecule has 0 aliphatic heterocycles. The SMILES string of the molecule is CC(N[C@@H](C)c1cccnc1)c1nccs1. The summed E-state index contributed by atoms with van der Waals surface area (Å²) in [5.74, 6) is 0. The van der Waals surface area contributed by atoms with Crippen LogP contribution in [-0.2, 0) is 0 Å². The highest BCUT2D eigenvalue weighted by Gasteiger charge is 2.12. The monoisotopic (exact) mass is 233 g/mol. The minimum absolute atomic E-state index is 0.273. The lowest BCUT2D eigenvalue weighted by Crippen LogP contribution is -2.22. The van der Waals surface area contributed by atoms with Gasteiger partial charge in [-0.15, -0.1) is 11.3 Å². The predicted molar refractivity (Wildman–Crippen MR) is 66.3 cm³/mol. The van der Waals surface area contributed by atoms with Crippen LogP contribution in [0.25, 0.3) is 0 Å². The summed E-state index contributed by atoms with van der Waals surface area (Å²) in [6, 6.07) is 4.60. The molecule has 84 valence electrons. The Labute approximate surface area is 99.6 Å². The van der Waals surface area contributed by atoms with Crippen LogP contribution in [0.5, 0.6) is 0 Å². The van der Waals surface area contributed by atoms with Crippen LogP contribution in [0.15, 0.2) is 36.1 Å². The van der Waals surface area contributed by atoms with E-state index in [1.54, 1.807) is 17.5 Å². The molecule has 0 saturated heterocycles. The van der Waals surface area contributed by atoms with E-state index < -0.39 is 0 Å². The minimum Gasteiger partial charge on any atom is -0.301 e. The smallest absolute Gasteiger partial charge is 0.109 e. The highest BCUT2D eigenvalue weighted by molar-refractivity contribution is 7.09. The number of nitrogens with one attached hydrogen (secondary N) is 1. The number of thiazole rings is 1. The minimum atomic E-state index is 0.273. The first-order valence-corrected chi connectivity index (χ1v) is 6.20. The average Bonchev–Trinajstić information content (AvgIpc) is 2.83. The molecule has 0 spiro atoms. The fourth-order valence-electron chi connectivity index (χ4n) is 1.62. The summed E-state index contributed by atoms with van der Waals surface area (Å²) in [6.07, 6.45) is 5.53. The van der Waals surface area contributed by atoms with Gasteiger partial charge in [-0.05, 0) is 25.5 Å². The fraction of sp³-hybridized carbons (Fsp3) is 0.333. The van der Waals surface area contributed by atoms with Gasteiger partial charge in [0.1, 0.15) is 5.01 Å². The highest BCUT2D eigenvalue weighted by Crippen LogP contribution is 2.19. The van der Waals surface area contributed by atoms with Gasteiger partial charge in [0.15, 0.2) is 0 Å². The van der Waals surface area contributed by atoms with Crippen molar-refractivity contribution in [1.29, 1.82) is 0 Å². The average molecular weight is 233 g/mol. The molecule has 1 N–H and O–H groups in total. The van der Waals surface area contributed by atoms with Crippen molar-refractivity contribution in [2.24, 2.45) is 0 Å². The molecule has 0 bridgehead atoms. The quantitative estimate of drug-likeness (QED) is 0.882. The Hall–Kier alpha value is -1.26. The predicted octanol–water partition coefficient (Wildman–Crippen LogP) is 2.95. The maximum absolute atomic E-state index is 4.30. The summed E-state index contributed by atoms with van der Waals surface area (Å²) >= 11 is 1.68. The third kappa shape index (κ3) is 2.65. The van der Waals surface area contributed by atoms with Crippen molar-refractivity contribution in [2.75, 3.05) is 0 Å². The van der Waals surface area contributed by atoms with E-state index in [1.807, 2.05) is 23.8 Å². The summed E-state index contributed by atoms with van der Waals surface area (Å²) < 4.78 is 0. The van der Waals surface area contributed by atoms with Gasteiger partial charge in [-0.2, -0.15) is 0 Å². The number of hydrogen-bond donors (Lipinski definition) is 1. The normalized spacial score (nSPS) is 14.6. The van der Waals surface area contributed by atoms with Crippen LogP contribution < -0.4 is 5.32 Å². The van der Waals surface area contributed by atoms with Gasteiger partial charge < -0.3 is 5.32 Å². The summed E-state index contributed by atoms with van der Waals surface area (Å²) in [7, 11) is 0.